The summed E-state index contributed by atoms with van der Waals surface area (Å²) in [5.41, 5.74) is 14.6. The molecule has 0 spiro atoms. The van der Waals surface area contributed by atoms with Crippen LogP contribution in [0.25, 0.3) is 0 Å². The third-order valence-electron chi connectivity index (χ3n) is 3.74. The van der Waals surface area contributed by atoms with Crippen LogP contribution in [0.3, 0.4) is 0 Å². The van der Waals surface area contributed by atoms with E-state index in [1.54, 1.807) is 0 Å². The molecular weight excluding hydrogens is 220 g/mol. The first kappa shape index (κ1) is 15.2. The lowest BCUT2D eigenvalue weighted by atomic mass is 9.84. The molecule has 1 aromatic rings. The lowest BCUT2D eigenvalue weighted by molar-refractivity contribution is 0.438. The second-order valence-electron chi connectivity index (χ2n) is 5.91. The zero-order valence-corrected chi connectivity index (χ0v) is 12.3. The number of benzene rings is 1. The van der Waals surface area contributed by atoms with E-state index in [0.29, 0.717) is 0 Å². The highest BCUT2D eigenvalue weighted by Crippen LogP contribution is 2.27. The molecule has 0 amide bonds. The van der Waals surface area contributed by atoms with Crippen LogP contribution >= 0.6 is 0 Å². The van der Waals surface area contributed by atoms with Gasteiger partial charge in [-0.3, -0.25) is 0 Å². The molecule has 0 aliphatic rings. The van der Waals surface area contributed by atoms with E-state index < -0.39 is 0 Å². The van der Waals surface area contributed by atoms with Crippen molar-refractivity contribution in [1.29, 1.82) is 0 Å². The van der Waals surface area contributed by atoms with Gasteiger partial charge in [0.15, 0.2) is 0 Å². The average molecular weight is 248 g/mol. The number of hydrogen-bond acceptors (Lipinski definition) is 2. The standard InChI is InChI=1S/C16H28N2/c1-5-11-15(3,17)13-7-9-14(10-8-13)16(4,18)12-6-2/h7-10H,5-6,11-12,17-18H2,1-4H3. The molecule has 2 heteroatoms. The fourth-order valence-electron chi connectivity index (χ4n) is 2.56. The molecular formula is C16H28N2. The maximum absolute atomic E-state index is 6.34. The number of nitrogens with two attached hydrogens (primary N) is 2. The van der Waals surface area contributed by atoms with Crippen molar-refractivity contribution in [2.75, 3.05) is 0 Å². The van der Waals surface area contributed by atoms with Gasteiger partial charge < -0.3 is 11.5 Å². The molecule has 2 nitrogen and oxygen atoms in total. The van der Waals surface area contributed by atoms with Crippen molar-refractivity contribution in [2.45, 2.75) is 64.5 Å². The predicted molar refractivity (Wildman–Crippen MR) is 79.3 cm³/mol. The van der Waals surface area contributed by atoms with Gasteiger partial charge in [-0.2, -0.15) is 0 Å². The quantitative estimate of drug-likeness (QED) is 0.807. The molecule has 4 N–H and O–H groups in total. The van der Waals surface area contributed by atoms with E-state index in [0.717, 1.165) is 25.7 Å². The van der Waals surface area contributed by atoms with E-state index in [-0.39, 0.29) is 11.1 Å². The molecule has 0 saturated carbocycles. The van der Waals surface area contributed by atoms with Crippen molar-refractivity contribution in [3.63, 3.8) is 0 Å². The van der Waals surface area contributed by atoms with Gasteiger partial charge in [0.05, 0.1) is 0 Å². The summed E-state index contributed by atoms with van der Waals surface area (Å²) in [5.74, 6) is 0. The molecule has 0 saturated heterocycles. The van der Waals surface area contributed by atoms with Crippen LogP contribution < -0.4 is 11.5 Å². The molecule has 2 atom stereocenters. The minimum Gasteiger partial charge on any atom is -0.322 e. The molecule has 0 aromatic heterocycles. The zero-order chi connectivity index (χ0) is 13.8. The molecule has 0 bridgehead atoms. The molecule has 0 aliphatic carbocycles. The van der Waals surface area contributed by atoms with Gasteiger partial charge in [-0.25, -0.2) is 0 Å². The minimum absolute atomic E-state index is 0.233. The topological polar surface area (TPSA) is 52.0 Å². The first-order valence-electron chi connectivity index (χ1n) is 7.02. The summed E-state index contributed by atoms with van der Waals surface area (Å²) in [6.07, 6.45) is 4.20. The lowest BCUT2D eigenvalue weighted by Crippen LogP contribution is -2.34. The molecule has 0 radical (unpaired) electrons. The summed E-state index contributed by atoms with van der Waals surface area (Å²) in [7, 11) is 0. The molecule has 2 unspecified atom stereocenters. The summed E-state index contributed by atoms with van der Waals surface area (Å²) in [4.78, 5) is 0. The third kappa shape index (κ3) is 3.56. The smallest absolute Gasteiger partial charge is 0.0380 e. The predicted octanol–water partition coefficient (Wildman–Crippen LogP) is 3.63. The highest BCUT2D eigenvalue weighted by Gasteiger charge is 2.23. The Balaban J connectivity index is 2.92. The van der Waals surface area contributed by atoms with Crippen LogP contribution in [-0.2, 0) is 11.1 Å². The Labute approximate surface area is 112 Å². The Kier molecular flexibility index (Phi) is 4.94. The van der Waals surface area contributed by atoms with Gasteiger partial charge in [0.25, 0.3) is 0 Å². The van der Waals surface area contributed by atoms with Gasteiger partial charge >= 0.3 is 0 Å². The zero-order valence-electron chi connectivity index (χ0n) is 12.3. The van der Waals surface area contributed by atoms with E-state index in [1.165, 1.54) is 11.1 Å². The van der Waals surface area contributed by atoms with Crippen LogP contribution in [0.15, 0.2) is 24.3 Å². The molecule has 1 rings (SSSR count). The van der Waals surface area contributed by atoms with Gasteiger partial charge in [-0.15, -0.1) is 0 Å². The molecule has 18 heavy (non-hydrogen) atoms. The maximum atomic E-state index is 6.34. The van der Waals surface area contributed by atoms with Crippen LogP contribution in [0.1, 0.15) is 64.5 Å². The summed E-state index contributed by atoms with van der Waals surface area (Å²) >= 11 is 0. The highest BCUT2D eigenvalue weighted by molar-refractivity contribution is 5.31. The molecule has 102 valence electrons. The summed E-state index contributed by atoms with van der Waals surface area (Å²) in [6, 6.07) is 8.52. The number of hydrogen-bond donors (Lipinski definition) is 2. The maximum Gasteiger partial charge on any atom is 0.0380 e. The van der Waals surface area contributed by atoms with E-state index >= 15 is 0 Å². The van der Waals surface area contributed by atoms with E-state index in [4.69, 9.17) is 11.5 Å². The second kappa shape index (κ2) is 5.85. The van der Waals surface area contributed by atoms with Crippen molar-refractivity contribution < 1.29 is 0 Å². The SMILES string of the molecule is CCCC(C)(N)c1ccc(C(C)(N)CCC)cc1. The Bertz CT molecular complexity index is 326. The van der Waals surface area contributed by atoms with Gasteiger partial charge in [-0.1, -0.05) is 51.0 Å². The van der Waals surface area contributed by atoms with Gasteiger partial charge in [0, 0.05) is 11.1 Å². The molecule has 1 aromatic carbocycles. The second-order valence-corrected chi connectivity index (χ2v) is 5.91. The van der Waals surface area contributed by atoms with Crippen LogP contribution in [0, 0.1) is 0 Å². The Hall–Kier alpha value is -0.860. The van der Waals surface area contributed by atoms with Gasteiger partial charge in [0.1, 0.15) is 0 Å². The van der Waals surface area contributed by atoms with Crippen LogP contribution in [0.2, 0.25) is 0 Å². The van der Waals surface area contributed by atoms with Crippen LogP contribution in [-0.4, -0.2) is 0 Å². The average Bonchev–Trinajstić information content (AvgIpc) is 2.29. The van der Waals surface area contributed by atoms with Crippen LogP contribution in [0.5, 0.6) is 0 Å². The van der Waals surface area contributed by atoms with Crippen molar-refractivity contribution >= 4 is 0 Å². The van der Waals surface area contributed by atoms with Crippen molar-refractivity contribution in [1.82, 2.24) is 0 Å². The fourth-order valence-corrected chi connectivity index (χ4v) is 2.56. The molecule has 0 aliphatic heterocycles. The largest absolute Gasteiger partial charge is 0.322 e. The first-order valence-corrected chi connectivity index (χ1v) is 7.02. The van der Waals surface area contributed by atoms with Crippen LogP contribution in [0.4, 0.5) is 0 Å². The third-order valence-corrected chi connectivity index (χ3v) is 3.74. The normalized spacial score (nSPS) is 18.1. The van der Waals surface area contributed by atoms with E-state index in [2.05, 4.69) is 52.0 Å². The molecule has 0 heterocycles. The van der Waals surface area contributed by atoms with Gasteiger partial charge in [-0.05, 0) is 37.8 Å². The summed E-state index contributed by atoms with van der Waals surface area (Å²) < 4.78 is 0. The minimum atomic E-state index is -0.233. The number of rotatable bonds is 6. The van der Waals surface area contributed by atoms with Gasteiger partial charge in [0.2, 0.25) is 0 Å². The monoisotopic (exact) mass is 248 g/mol. The fraction of sp³-hybridized carbons (Fsp3) is 0.625. The van der Waals surface area contributed by atoms with Crippen molar-refractivity contribution in [3.8, 4) is 0 Å². The molecule has 0 fully saturated rings. The Morgan fingerprint density at radius 2 is 1.06 bits per heavy atom. The highest BCUT2D eigenvalue weighted by atomic mass is 14.7. The lowest BCUT2D eigenvalue weighted by Gasteiger charge is -2.28. The van der Waals surface area contributed by atoms with Crippen molar-refractivity contribution in [3.05, 3.63) is 35.4 Å². The summed E-state index contributed by atoms with van der Waals surface area (Å²) in [5, 5.41) is 0. The van der Waals surface area contributed by atoms with E-state index in [1.807, 2.05) is 0 Å². The van der Waals surface area contributed by atoms with Crippen molar-refractivity contribution in [2.24, 2.45) is 11.5 Å². The first-order chi connectivity index (χ1) is 8.33. The van der Waals surface area contributed by atoms with E-state index in [9.17, 15) is 0 Å². The summed E-state index contributed by atoms with van der Waals surface area (Å²) in [6.45, 7) is 8.52. The Morgan fingerprint density at radius 1 is 0.778 bits per heavy atom. The Morgan fingerprint density at radius 3 is 1.28 bits per heavy atom.